The second-order valence-corrected chi connectivity index (χ2v) is 13.7. The lowest BCUT2D eigenvalue weighted by atomic mass is 9.88. The van der Waals surface area contributed by atoms with Gasteiger partial charge < -0.3 is 24.4 Å². The molecule has 1 saturated carbocycles. The van der Waals surface area contributed by atoms with Crippen molar-refractivity contribution in [3.63, 3.8) is 0 Å². The van der Waals surface area contributed by atoms with Crippen LogP contribution in [0.5, 0.6) is 5.75 Å². The quantitative estimate of drug-likeness (QED) is 0.490. The Balaban J connectivity index is 1.92. The van der Waals surface area contributed by atoms with E-state index >= 15 is 0 Å². The van der Waals surface area contributed by atoms with Gasteiger partial charge in [-0.25, -0.2) is 8.42 Å². The zero-order chi connectivity index (χ0) is 30.2. The first-order chi connectivity index (χ1) is 19.4. The predicted molar refractivity (Wildman–Crippen MR) is 160 cm³/mol. The molecule has 0 bridgehead atoms. The summed E-state index contributed by atoms with van der Waals surface area (Å²) in [5, 5.41) is 10.1. The van der Waals surface area contributed by atoms with Gasteiger partial charge in [0.25, 0.3) is 5.91 Å². The van der Waals surface area contributed by atoms with Crippen LogP contribution in [0.4, 0.5) is 5.69 Å². The number of likely N-dealkylation sites (N-methyl/N-ethyl adjacent to an activating group) is 1. The minimum Gasteiger partial charge on any atom is -0.490 e. The minimum atomic E-state index is -3.56. The van der Waals surface area contributed by atoms with E-state index in [4.69, 9.17) is 9.47 Å². The van der Waals surface area contributed by atoms with Crippen LogP contribution in [0.1, 0.15) is 82.5 Å². The lowest BCUT2D eigenvalue weighted by Gasteiger charge is -2.36. The van der Waals surface area contributed by atoms with Crippen molar-refractivity contribution in [2.24, 2.45) is 11.8 Å². The van der Waals surface area contributed by atoms with Crippen LogP contribution in [-0.2, 0) is 19.6 Å². The molecule has 41 heavy (non-hydrogen) atoms. The summed E-state index contributed by atoms with van der Waals surface area (Å²) >= 11 is 0. The molecule has 2 N–H and O–H groups in total. The fraction of sp³-hybridized carbons (Fsp3) is 0.733. The first-order valence-electron chi connectivity index (χ1n) is 15.0. The molecule has 0 saturated heterocycles. The van der Waals surface area contributed by atoms with Gasteiger partial charge in [0.05, 0.1) is 36.7 Å². The molecule has 1 aliphatic carbocycles. The summed E-state index contributed by atoms with van der Waals surface area (Å²) in [6.07, 6.45) is 8.21. The van der Waals surface area contributed by atoms with Gasteiger partial charge in [-0.2, -0.15) is 0 Å². The number of anilines is 1. The van der Waals surface area contributed by atoms with E-state index in [2.05, 4.69) is 4.72 Å². The van der Waals surface area contributed by atoms with E-state index in [0.717, 1.165) is 51.2 Å². The van der Waals surface area contributed by atoms with Crippen molar-refractivity contribution >= 4 is 27.5 Å². The highest BCUT2D eigenvalue weighted by molar-refractivity contribution is 7.92. The third-order valence-electron chi connectivity index (χ3n) is 8.14. The van der Waals surface area contributed by atoms with Gasteiger partial charge in [-0.1, -0.05) is 26.2 Å². The number of rotatable bonds is 7. The van der Waals surface area contributed by atoms with E-state index in [-0.39, 0.29) is 60.3 Å². The number of aliphatic hydroxyl groups excluding tert-OH is 1. The Morgan fingerprint density at radius 2 is 1.83 bits per heavy atom. The van der Waals surface area contributed by atoms with E-state index in [9.17, 15) is 23.1 Å². The number of sulfonamides is 1. The molecule has 1 aromatic rings. The highest BCUT2D eigenvalue weighted by Gasteiger charge is 2.32. The SMILES string of the molecule is C[C@@H]1CN([C@H](C)CO)C(=O)c2cc(NS(C)(=O)=O)ccc2O[C@@H](C)CCCCO[C@@H]1CN(C)C(=O)C1CCCCC1. The summed E-state index contributed by atoms with van der Waals surface area (Å²) in [4.78, 5) is 30.7. The van der Waals surface area contributed by atoms with Crippen LogP contribution in [-0.4, -0.2) is 93.0 Å². The maximum absolute atomic E-state index is 14.1. The summed E-state index contributed by atoms with van der Waals surface area (Å²) in [6, 6.07) is 4.17. The smallest absolute Gasteiger partial charge is 0.258 e. The molecule has 1 aromatic carbocycles. The maximum atomic E-state index is 14.1. The lowest BCUT2D eigenvalue weighted by molar-refractivity contribution is -0.137. The van der Waals surface area contributed by atoms with Crippen molar-refractivity contribution < 1.29 is 32.6 Å². The van der Waals surface area contributed by atoms with Crippen molar-refractivity contribution in [2.75, 3.05) is 44.3 Å². The Kier molecular flexibility index (Phi) is 12.3. The van der Waals surface area contributed by atoms with E-state index < -0.39 is 16.1 Å². The number of hydrogen-bond donors (Lipinski definition) is 2. The van der Waals surface area contributed by atoms with Crippen LogP contribution >= 0.6 is 0 Å². The average molecular weight is 596 g/mol. The zero-order valence-electron chi connectivity index (χ0n) is 25.3. The van der Waals surface area contributed by atoms with Gasteiger partial charge >= 0.3 is 0 Å². The summed E-state index contributed by atoms with van der Waals surface area (Å²) in [5.41, 5.74) is 0.475. The molecule has 2 aliphatic rings. The highest BCUT2D eigenvalue weighted by atomic mass is 32.2. The number of carbonyl (C=O) groups is 2. The first-order valence-corrected chi connectivity index (χ1v) is 16.9. The second-order valence-electron chi connectivity index (χ2n) is 11.9. The molecule has 0 unspecified atom stereocenters. The van der Waals surface area contributed by atoms with Crippen LogP contribution in [0.25, 0.3) is 0 Å². The van der Waals surface area contributed by atoms with Crippen LogP contribution < -0.4 is 9.46 Å². The van der Waals surface area contributed by atoms with Crippen LogP contribution in [0.15, 0.2) is 18.2 Å². The lowest BCUT2D eigenvalue weighted by Crippen LogP contribution is -2.48. The topological polar surface area (TPSA) is 125 Å². The van der Waals surface area contributed by atoms with Gasteiger partial charge in [0.2, 0.25) is 15.9 Å². The normalized spacial score (nSPS) is 24.5. The largest absolute Gasteiger partial charge is 0.490 e. The molecule has 2 amide bonds. The molecular formula is C30H49N3O7S. The number of nitrogens with one attached hydrogen (secondary N) is 1. The number of fused-ring (bicyclic) bond motifs is 1. The Morgan fingerprint density at radius 1 is 1.15 bits per heavy atom. The van der Waals surface area contributed by atoms with Crippen molar-refractivity contribution in [1.82, 2.24) is 9.80 Å². The molecule has 0 radical (unpaired) electrons. The molecule has 3 rings (SSSR count). The Labute approximate surface area is 245 Å². The van der Waals surface area contributed by atoms with Crippen LogP contribution in [0.3, 0.4) is 0 Å². The number of ether oxygens (including phenoxy) is 2. The van der Waals surface area contributed by atoms with E-state index in [0.29, 0.717) is 18.9 Å². The summed E-state index contributed by atoms with van der Waals surface area (Å²) < 4.78 is 38.8. The second kappa shape index (κ2) is 15.2. The van der Waals surface area contributed by atoms with Crippen LogP contribution in [0.2, 0.25) is 0 Å². The predicted octanol–water partition coefficient (Wildman–Crippen LogP) is 3.89. The fourth-order valence-electron chi connectivity index (χ4n) is 5.68. The third-order valence-corrected chi connectivity index (χ3v) is 8.75. The zero-order valence-corrected chi connectivity index (χ0v) is 26.1. The van der Waals surface area contributed by atoms with E-state index in [1.807, 2.05) is 20.9 Å². The Hall–Kier alpha value is -2.37. The Bertz CT molecular complexity index is 1120. The van der Waals surface area contributed by atoms with Crippen molar-refractivity contribution in [2.45, 2.75) is 90.4 Å². The minimum absolute atomic E-state index is 0.0581. The average Bonchev–Trinajstić information content (AvgIpc) is 2.93. The molecule has 11 heteroatoms. The maximum Gasteiger partial charge on any atom is 0.258 e. The number of amides is 2. The Morgan fingerprint density at radius 3 is 2.49 bits per heavy atom. The molecular weight excluding hydrogens is 546 g/mol. The molecule has 232 valence electrons. The molecule has 4 atom stereocenters. The van der Waals surface area contributed by atoms with Gasteiger partial charge in [-0.3, -0.25) is 14.3 Å². The van der Waals surface area contributed by atoms with Crippen LogP contribution in [0, 0.1) is 11.8 Å². The number of carbonyl (C=O) groups excluding carboxylic acids is 2. The van der Waals surface area contributed by atoms with Gasteiger partial charge in [0, 0.05) is 44.3 Å². The van der Waals surface area contributed by atoms with Crippen molar-refractivity contribution in [1.29, 1.82) is 0 Å². The van der Waals surface area contributed by atoms with Gasteiger partial charge in [-0.15, -0.1) is 0 Å². The van der Waals surface area contributed by atoms with Gasteiger partial charge in [-0.05, 0) is 64.2 Å². The highest BCUT2D eigenvalue weighted by Crippen LogP contribution is 2.29. The summed E-state index contributed by atoms with van der Waals surface area (Å²) in [5.74, 6) is 0.0514. The summed E-state index contributed by atoms with van der Waals surface area (Å²) in [7, 11) is -1.73. The molecule has 10 nitrogen and oxygen atoms in total. The molecule has 1 heterocycles. The number of benzene rings is 1. The van der Waals surface area contributed by atoms with E-state index in [1.165, 1.54) is 12.5 Å². The molecule has 0 spiro atoms. The van der Waals surface area contributed by atoms with Crippen molar-refractivity contribution in [3.05, 3.63) is 23.8 Å². The van der Waals surface area contributed by atoms with E-state index in [1.54, 1.807) is 28.9 Å². The number of hydrogen-bond acceptors (Lipinski definition) is 7. The van der Waals surface area contributed by atoms with Crippen molar-refractivity contribution in [3.8, 4) is 5.75 Å². The number of aliphatic hydroxyl groups is 1. The fourth-order valence-corrected chi connectivity index (χ4v) is 6.24. The first kappa shape index (κ1) is 33.1. The summed E-state index contributed by atoms with van der Waals surface area (Å²) in [6.45, 7) is 6.69. The third kappa shape index (κ3) is 9.85. The molecule has 1 aliphatic heterocycles. The number of nitrogens with zero attached hydrogens (tertiary/aromatic N) is 2. The standard InChI is InChI=1S/C30H49N3O7S/c1-21-18-33(22(2)20-34)30(36)26-17-25(31-41(5,37)38)14-15-27(26)40-23(3)11-9-10-16-39-28(21)19-32(4)29(35)24-12-7-6-8-13-24/h14-15,17,21-24,28,31,34H,6-13,16,18-20H2,1-5H3/t21-,22-,23+,28-/m1/s1. The molecule has 0 aromatic heterocycles. The monoisotopic (exact) mass is 595 g/mol. The van der Waals surface area contributed by atoms with Gasteiger partial charge in [0.1, 0.15) is 5.75 Å². The van der Waals surface area contributed by atoms with Gasteiger partial charge in [0.15, 0.2) is 0 Å². The molecule has 1 fully saturated rings.